The summed E-state index contributed by atoms with van der Waals surface area (Å²) in [5, 5.41) is 0. The average Bonchev–Trinajstić information content (AvgIpc) is 3.29. The van der Waals surface area contributed by atoms with E-state index in [4.69, 9.17) is 0 Å². The van der Waals surface area contributed by atoms with Crippen LogP contribution in [0.2, 0.25) is 0 Å². The monoisotopic (exact) mass is 802 g/mol. The van der Waals surface area contributed by atoms with Crippen molar-refractivity contribution in [3.8, 4) is 0 Å². The summed E-state index contributed by atoms with van der Waals surface area (Å²) in [5.41, 5.74) is 21.9. The van der Waals surface area contributed by atoms with Crippen molar-refractivity contribution in [2.75, 3.05) is 19.6 Å². The van der Waals surface area contributed by atoms with Crippen molar-refractivity contribution in [1.82, 2.24) is 0 Å². The van der Waals surface area contributed by atoms with Gasteiger partial charge in [0.05, 0.1) is 0 Å². The fourth-order valence-corrected chi connectivity index (χ4v) is 10.2. The van der Waals surface area contributed by atoms with Gasteiger partial charge in [-0.3, -0.25) is 0 Å². The second-order valence-electron chi connectivity index (χ2n) is 16.1. The zero-order chi connectivity index (χ0) is 43.1. The van der Waals surface area contributed by atoms with E-state index < -0.39 is 0 Å². The van der Waals surface area contributed by atoms with Crippen LogP contribution in [0.1, 0.15) is 41.5 Å². The molecule has 0 N–H and O–H groups in total. The lowest BCUT2D eigenvalue weighted by atomic mass is 9.30. The highest BCUT2D eigenvalue weighted by Crippen LogP contribution is 2.46. The van der Waals surface area contributed by atoms with E-state index in [-0.39, 0.29) is 13.4 Å². The summed E-state index contributed by atoms with van der Waals surface area (Å²) < 4.78 is 0. The first-order chi connectivity index (χ1) is 30.4. The Bertz CT molecular complexity index is 2890. The number of fused-ring (bicyclic) bond motifs is 6. The van der Waals surface area contributed by atoms with E-state index in [9.17, 15) is 0 Å². The Morgan fingerprint density at radius 3 is 1.81 bits per heavy atom. The van der Waals surface area contributed by atoms with Crippen LogP contribution in [0, 0.1) is 0 Å². The second-order valence-corrected chi connectivity index (χ2v) is 16.1. The van der Waals surface area contributed by atoms with E-state index in [2.05, 4.69) is 232 Å². The zero-order valence-corrected chi connectivity index (χ0v) is 36.7. The molecule has 4 nitrogen and oxygen atoms in total. The summed E-state index contributed by atoms with van der Waals surface area (Å²) >= 11 is 0. The molecule has 6 heteroatoms. The maximum atomic E-state index is 4.00. The van der Waals surface area contributed by atoms with Crippen LogP contribution in [0.25, 0.3) is 0 Å². The lowest BCUT2D eigenvalue weighted by Crippen LogP contribution is -2.64. The zero-order valence-electron chi connectivity index (χ0n) is 36.7. The fraction of sp³-hybridized carbons (Fsp3) is 0.107. The molecular formula is C56H52B2N4. The molecule has 5 aromatic carbocycles. The van der Waals surface area contributed by atoms with Crippen LogP contribution < -0.4 is 46.9 Å². The van der Waals surface area contributed by atoms with E-state index in [1.807, 2.05) is 24.3 Å². The predicted octanol–water partition coefficient (Wildman–Crippen LogP) is 11.5. The lowest BCUT2D eigenvalue weighted by molar-refractivity contribution is 1.08. The Labute approximate surface area is 369 Å². The van der Waals surface area contributed by atoms with E-state index in [0.717, 1.165) is 22.8 Å². The molecule has 0 saturated heterocycles. The first-order valence-electron chi connectivity index (χ1n) is 21.7. The van der Waals surface area contributed by atoms with E-state index >= 15 is 0 Å². The Morgan fingerprint density at radius 2 is 1.13 bits per heavy atom. The molecule has 0 radical (unpaired) electrons. The summed E-state index contributed by atoms with van der Waals surface area (Å²) in [6.45, 7) is 20.9. The van der Waals surface area contributed by atoms with Crippen LogP contribution in [0.5, 0.6) is 0 Å². The van der Waals surface area contributed by atoms with Crippen molar-refractivity contribution in [3.05, 3.63) is 224 Å². The van der Waals surface area contributed by atoms with Gasteiger partial charge in [0.2, 0.25) is 0 Å². The molecule has 0 saturated carbocycles. The molecule has 9 rings (SSSR count). The number of nitrogens with zero attached hydrogens (tertiary/aromatic N) is 4. The normalized spacial score (nSPS) is 15.8. The molecule has 0 fully saturated rings. The van der Waals surface area contributed by atoms with Gasteiger partial charge >= 0.3 is 0 Å². The summed E-state index contributed by atoms with van der Waals surface area (Å²) in [4.78, 5) is 9.88. The first kappa shape index (κ1) is 40.2. The predicted molar refractivity (Wildman–Crippen MR) is 273 cm³/mol. The number of benzene rings is 5. The van der Waals surface area contributed by atoms with Crippen molar-refractivity contribution < 1.29 is 0 Å². The Hall–Kier alpha value is -7.17. The highest BCUT2D eigenvalue weighted by molar-refractivity contribution is 7.01. The standard InChI is InChI=1S/C56H52B2N4/c1-9-14-18-27-40(7)59-48-32-22-21-31-45(48)58-46-37-47-54(38-53(46)60(39(6)26-15-10-2)50-34-23-33-49(59)55(50)58)62(43-29-19-17-20-30-43)52-36-24-35-51-56(52)57(47)44(25-12-4)41(8)61(51)42(13-5)28-16-11-3/h9-38H,1,3H2,2,4-8H3/b15-10-,18-14-,25-12-,28-16-,39-26+,40-27+,42-13+. The van der Waals surface area contributed by atoms with Crippen molar-refractivity contribution in [1.29, 1.82) is 0 Å². The second kappa shape index (κ2) is 16.7. The topological polar surface area (TPSA) is 13.0 Å². The van der Waals surface area contributed by atoms with E-state index in [1.54, 1.807) is 0 Å². The van der Waals surface area contributed by atoms with Crippen LogP contribution >= 0.6 is 0 Å². The Kier molecular flexibility index (Phi) is 10.8. The third-order valence-electron chi connectivity index (χ3n) is 12.6. The van der Waals surface area contributed by atoms with Gasteiger partial charge in [-0.15, -0.1) is 0 Å². The van der Waals surface area contributed by atoms with Gasteiger partial charge in [0.15, 0.2) is 0 Å². The highest BCUT2D eigenvalue weighted by Gasteiger charge is 2.47. The minimum atomic E-state index is -0.0164. The number of hydrogen-bond donors (Lipinski definition) is 0. The molecule has 4 heterocycles. The van der Waals surface area contributed by atoms with Gasteiger partial charge in [-0.25, -0.2) is 0 Å². The molecule has 0 spiro atoms. The first-order valence-corrected chi connectivity index (χ1v) is 21.7. The highest BCUT2D eigenvalue weighted by atomic mass is 15.2. The van der Waals surface area contributed by atoms with Crippen LogP contribution in [-0.4, -0.2) is 13.4 Å². The van der Waals surface area contributed by atoms with Gasteiger partial charge in [-0.2, -0.15) is 0 Å². The van der Waals surface area contributed by atoms with E-state index in [0.29, 0.717) is 0 Å². The molecule has 0 unspecified atom stereocenters. The van der Waals surface area contributed by atoms with Gasteiger partial charge in [0.1, 0.15) is 0 Å². The van der Waals surface area contributed by atoms with E-state index in [1.165, 1.54) is 78.3 Å². The number of allylic oxidation sites excluding steroid dienone is 17. The van der Waals surface area contributed by atoms with Crippen LogP contribution in [-0.2, 0) is 0 Å². The summed E-state index contributed by atoms with van der Waals surface area (Å²) in [6, 6.07) is 38.6. The van der Waals surface area contributed by atoms with Crippen LogP contribution in [0.3, 0.4) is 0 Å². The molecule has 0 atom stereocenters. The molecule has 5 aromatic rings. The number of para-hydroxylation sites is 2. The molecule has 302 valence electrons. The van der Waals surface area contributed by atoms with Crippen LogP contribution in [0.4, 0.5) is 45.5 Å². The third kappa shape index (κ3) is 6.32. The summed E-state index contributed by atoms with van der Waals surface area (Å²) in [5.74, 6) is 0. The minimum Gasteiger partial charge on any atom is -0.316 e. The third-order valence-corrected chi connectivity index (χ3v) is 12.6. The number of anilines is 8. The quantitative estimate of drug-likeness (QED) is 0.103. The minimum absolute atomic E-state index is 0.00736. The maximum Gasteiger partial charge on any atom is 0.252 e. The van der Waals surface area contributed by atoms with Crippen molar-refractivity contribution >= 4 is 86.2 Å². The smallest absolute Gasteiger partial charge is 0.252 e. The van der Waals surface area contributed by atoms with Gasteiger partial charge in [0, 0.05) is 68.3 Å². The van der Waals surface area contributed by atoms with Crippen molar-refractivity contribution in [2.24, 2.45) is 0 Å². The fourth-order valence-electron chi connectivity index (χ4n) is 10.2. The van der Waals surface area contributed by atoms with Crippen LogP contribution in [0.15, 0.2) is 224 Å². The SMILES string of the molecule is C=C/C=C\C=C(/C)N1c2ccccc2B2c3cc4c(cc3N(/C(C)=C/C=C\C)c3cccc1c32)N(c1ccccc1)c1cccc2c1B4C(/C=C\C)=C(C)N2C(/C=C\C=C)=C/C. The molecule has 4 aliphatic heterocycles. The molecule has 0 amide bonds. The van der Waals surface area contributed by atoms with Crippen molar-refractivity contribution in [2.45, 2.75) is 41.5 Å². The number of rotatable bonds is 10. The molecule has 4 aliphatic rings. The lowest BCUT2D eigenvalue weighted by Gasteiger charge is -2.47. The summed E-state index contributed by atoms with van der Waals surface area (Å²) in [7, 11) is 0. The average molecular weight is 803 g/mol. The maximum absolute atomic E-state index is 4.00. The molecule has 62 heavy (non-hydrogen) atoms. The van der Waals surface area contributed by atoms with Crippen molar-refractivity contribution in [3.63, 3.8) is 0 Å². The summed E-state index contributed by atoms with van der Waals surface area (Å²) in [6.07, 6.45) is 27.3. The van der Waals surface area contributed by atoms with Gasteiger partial charge in [-0.05, 0) is 141 Å². The molecule has 0 aliphatic carbocycles. The van der Waals surface area contributed by atoms with Gasteiger partial charge in [-0.1, -0.05) is 129 Å². The molecule has 0 aromatic heterocycles. The Morgan fingerprint density at radius 1 is 0.532 bits per heavy atom. The molecule has 0 bridgehead atoms. The Balaban J connectivity index is 1.40. The van der Waals surface area contributed by atoms with Gasteiger partial charge in [0.25, 0.3) is 13.4 Å². The molecular weight excluding hydrogens is 750 g/mol. The largest absolute Gasteiger partial charge is 0.316 e. The van der Waals surface area contributed by atoms with Gasteiger partial charge < -0.3 is 19.6 Å². The number of hydrogen-bond acceptors (Lipinski definition) is 4.